The van der Waals surface area contributed by atoms with Crippen molar-refractivity contribution in [2.24, 2.45) is 50.2 Å². The molecule has 2 unspecified atom stereocenters. The Balaban J connectivity index is 0.931. The number of fused-ring (bicyclic) bond motifs is 7. The molecule has 11 nitrogen and oxygen atoms in total. The highest BCUT2D eigenvalue weighted by atomic mass is 16.7. The summed E-state index contributed by atoms with van der Waals surface area (Å²) < 4.78 is 18.0. The zero-order valence-corrected chi connectivity index (χ0v) is 37.9. The number of carbonyl (C=O) groups excluding carboxylic acids is 1. The van der Waals surface area contributed by atoms with Crippen LogP contribution < -0.4 is 15.0 Å². The number of allylic oxidation sites excluding steroid dienone is 2. The molecule has 1 aromatic rings. The summed E-state index contributed by atoms with van der Waals surface area (Å²) in [6.07, 6.45) is 6.54. The van der Waals surface area contributed by atoms with Crippen LogP contribution in [-0.4, -0.2) is 121 Å². The number of rotatable bonds is 9. The van der Waals surface area contributed by atoms with Crippen LogP contribution in [0.1, 0.15) is 113 Å². The van der Waals surface area contributed by atoms with Gasteiger partial charge in [0, 0.05) is 44.7 Å². The van der Waals surface area contributed by atoms with Crippen LogP contribution in [-0.2, 0) is 14.3 Å². The largest absolute Gasteiger partial charge is 0.495 e. The first kappa shape index (κ1) is 44.4. The molecule has 11 heteroatoms. The molecule has 1 amide bonds. The van der Waals surface area contributed by atoms with Crippen molar-refractivity contribution >= 4 is 11.6 Å². The molecule has 5 N–H and O–H groups in total. The molecule has 0 bridgehead atoms. The third-order valence-electron chi connectivity index (χ3n) is 19.0. The van der Waals surface area contributed by atoms with E-state index in [0.29, 0.717) is 24.3 Å². The number of methoxy groups -OCH3 is 1. The number of carbonyl (C=O) groups is 1. The summed E-state index contributed by atoms with van der Waals surface area (Å²) in [5.74, 6) is 2.43. The van der Waals surface area contributed by atoms with Gasteiger partial charge in [-0.05, 0) is 121 Å². The van der Waals surface area contributed by atoms with Gasteiger partial charge in [0.1, 0.15) is 30.2 Å². The number of hydrogen-bond acceptors (Lipinski definition) is 10. The Morgan fingerprint density at radius 2 is 1.58 bits per heavy atom. The smallest absolute Gasteiger partial charge is 0.226 e. The number of nitrogens with one attached hydrogen (secondary N) is 1. The first-order valence-electron chi connectivity index (χ1n) is 23.4. The van der Waals surface area contributed by atoms with E-state index in [-0.39, 0.29) is 39.1 Å². The summed E-state index contributed by atoms with van der Waals surface area (Å²) in [7, 11) is 1.73. The normalized spacial score (nSPS) is 45.3. The first-order chi connectivity index (χ1) is 28.3. The predicted molar refractivity (Wildman–Crippen MR) is 232 cm³/mol. The van der Waals surface area contributed by atoms with Gasteiger partial charge in [-0.2, -0.15) is 0 Å². The van der Waals surface area contributed by atoms with Gasteiger partial charge in [0.15, 0.2) is 6.29 Å². The number of anilines is 1. The number of hydrogen-bond donors (Lipinski definition) is 5. The van der Waals surface area contributed by atoms with E-state index in [2.05, 4.69) is 81.8 Å². The molecule has 4 saturated carbocycles. The summed E-state index contributed by atoms with van der Waals surface area (Å²) in [5.41, 5.74) is 2.64. The lowest BCUT2D eigenvalue weighted by Gasteiger charge is -2.71. The highest BCUT2D eigenvalue weighted by Gasteiger charge is 2.68. The van der Waals surface area contributed by atoms with Gasteiger partial charge in [-0.3, -0.25) is 9.69 Å². The van der Waals surface area contributed by atoms with Crippen molar-refractivity contribution < 1.29 is 39.4 Å². The van der Waals surface area contributed by atoms with Crippen molar-refractivity contribution in [1.82, 2.24) is 10.2 Å². The molecule has 2 saturated heterocycles. The van der Waals surface area contributed by atoms with Gasteiger partial charge in [0.05, 0.1) is 25.5 Å². The Bertz CT molecular complexity index is 1760. The van der Waals surface area contributed by atoms with Gasteiger partial charge in [-0.25, -0.2) is 0 Å². The van der Waals surface area contributed by atoms with Crippen molar-refractivity contribution in [2.45, 2.75) is 149 Å². The molecule has 0 radical (unpaired) electrons. The van der Waals surface area contributed by atoms with Gasteiger partial charge < -0.3 is 44.9 Å². The fraction of sp³-hybridized carbons (Fsp3) is 0.816. The van der Waals surface area contributed by atoms with Crippen LogP contribution in [0.15, 0.2) is 35.9 Å². The number of aliphatic hydroxyl groups is 4. The van der Waals surface area contributed by atoms with E-state index in [1.807, 2.05) is 12.1 Å². The predicted octanol–water partition coefficient (Wildman–Crippen LogP) is 5.92. The van der Waals surface area contributed by atoms with Crippen LogP contribution in [0.5, 0.6) is 5.75 Å². The number of nitrogens with zero attached hydrogens (tertiary/aromatic N) is 2. The van der Waals surface area contributed by atoms with E-state index in [0.717, 1.165) is 95.5 Å². The topological polar surface area (TPSA) is 144 Å². The average molecular weight is 836 g/mol. The van der Waals surface area contributed by atoms with E-state index < -0.39 is 42.7 Å². The van der Waals surface area contributed by atoms with Gasteiger partial charge in [0.2, 0.25) is 5.91 Å². The minimum atomic E-state index is -1.45. The standard InChI is InChI=1S/C49H77N3O8/c1-44(2)36-15-18-49(7)37(47(36,5)17-16-38(44)60-42-41(56)40(55)39(54)35(30-53)59-42)14-13-31-32-29-46(4,20-19-45(32,3)21-22-48(31,49)6)43(57)50-23-24-51-25-27-52(28-26-51)33-11-9-10-12-34(33)58-8/h9-13,32,35-42,53-56H,14-30H2,1-8H3,(H,50,57)/t32-,35+,36?,37+,38-,39+,40-,41+,42-,45+,46?,47-,48+,49+/m0/s1. The van der Waals surface area contributed by atoms with Crippen LogP contribution in [0, 0.1) is 50.2 Å². The molecule has 5 aliphatic carbocycles. The monoisotopic (exact) mass is 836 g/mol. The Hall–Kier alpha value is -2.25. The van der Waals surface area contributed by atoms with E-state index in [1.165, 1.54) is 12.8 Å². The second-order valence-electron chi connectivity index (χ2n) is 22.2. The van der Waals surface area contributed by atoms with Crippen LogP contribution in [0.3, 0.4) is 0 Å². The molecule has 1 aromatic carbocycles. The minimum Gasteiger partial charge on any atom is -0.495 e. The summed E-state index contributed by atoms with van der Waals surface area (Å²) in [4.78, 5) is 19.1. The summed E-state index contributed by atoms with van der Waals surface area (Å²) in [6, 6.07) is 8.24. The van der Waals surface area contributed by atoms with Gasteiger partial charge in [-0.1, -0.05) is 72.2 Å². The molecule has 6 fully saturated rings. The maximum Gasteiger partial charge on any atom is 0.226 e. The van der Waals surface area contributed by atoms with Gasteiger partial charge in [0.25, 0.3) is 0 Å². The molecule has 60 heavy (non-hydrogen) atoms. The highest BCUT2D eigenvalue weighted by Crippen LogP contribution is 2.76. The number of ether oxygens (including phenoxy) is 3. The number of aliphatic hydroxyl groups excluding tert-OH is 4. The first-order valence-corrected chi connectivity index (χ1v) is 23.4. The molecule has 8 rings (SSSR count). The second-order valence-corrected chi connectivity index (χ2v) is 22.2. The fourth-order valence-corrected chi connectivity index (χ4v) is 14.8. The molecule has 0 aromatic heterocycles. The van der Waals surface area contributed by atoms with Crippen LogP contribution in [0.25, 0.3) is 0 Å². The van der Waals surface area contributed by atoms with E-state index in [1.54, 1.807) is 12.7 Å². The number of para-hydroxylation sites is 2. The van der Waals surface area contributed by atoms with Crippen molar-refractivity contribution in [2.75, 3.05) is 57.9 Å². The molecular formula is C49H77N3O8. The van der Waals surface area contributed by atoms with E-state index >= 15 is 0 Å². The maximum atomic E-state index is 14.2. The Morgan fingerprint density at radius 1 is 0.867 bits per heavy atom. The molecular weight excluding hydrogens is 759 g/mol. The average Bonchev–Trinajstić information content (AvgIpc) is 3.23. The van der Waals surface area contributed by atoms with Gasteiger partial charge in [-0.15, -0.1) is 0 Å². The number of amides is 1. The van der Waals surface area contributed by atoms with Crippen LogP contribution in [0.2, 0.25) is 0 Å². The quantitative estimate of drug-likeness (QED) is 0.150. The Kier molecular flexibility index (Phi) is 11.9. The maximum absolute atomic E-state index is 14.2. The van der Waals surface area contributed by atoms with Crippen molar-refractivity contribution in [3.63, 3.8) is 0 Å². The fourth-order valence-electron chi connectivity index (χ4n) is 14.8. The Labute approximate surface area is 359 Å². The Morgan fingerprint density at radius 3 is 2.30 bits per heavy atom. The lowest BCUT2D eigenvalue weighted by atomic mass is 9.33. The summed E-state index contributed by atoms with van der Waals surface area (Å²) in [6.45, 7) is 22.0. The van der Waals surface area contributed by atoms with Crippen molar-refractivity contribution in [3.8, 4) is 5.75 Å². The zero-order valence-electron chi connectivity index (χ0n) is 37.9. The lowest BCUT2D eigenvalue weighted by molar-refractivity contribution is -0.330. The molecule has 2 aliphatic heterocycles. The van der Waals surface area contributed by atoms with Crippen molar-refractivity contribution in [1.29, 1.82) is 0 Å². The lowest BCUT2D eigenvalue weighted by Crippen LogP contribution is -2.65. The zero-order chi connectivity index (χ0) is 43.0. The third-order valence-corrected chi connectivity index (χ3v) is 19.0. The van der Waals surface area contributed by atoms with Gasteiger partial charge >= 0.3 is 0 Å². The minimum absolute atomic E-state index is 0.0581. The van der Waals surface area contributed by atoms with Crippen molar-refractivity contribution in [3.05, 3.63) is 35.9 Å². The molecule has 14 atom stereocenters. The highest BCUT2D eigenvalue weighted by molar-refractivity contribution is 5.82. The third kappa shape index (κ3) is 7.07. The summed E-state index contributed by atoms with van der Waals surface area (Å²) in [5, 5.41) is 45.0. The number of piperazine rings is 1. The molecule has 2 heterocycles. The molecule has 7 aliphatic rings. The number of benzene rings is 1. The van der Waals surface area contributed by atoms with Crippen LogP contribution >= 0.6 is 0 Å². The SMILES string of the molecule is COc1ccccc1N1CCN(CCNC(=O)C2(C)CC[C@]3(C)CC[C@]4(C)C(=CC[C@@H]5[C@@]6(C)CC[C@H](O[C@@H]7O[C@H](CO)[C@@H](O)[C@H](O)[C@H]7O)C(C)(C)C6CC[C@]54C)[C@@H]3C2)CC1. The van der Waals surface area contributed by atoms with E-state index in [4.69, 9.17) is 14.2 Å². The molecule has 336 valence electrons. The molecule has 0 spiro atoms. The summed E-state index contributed by atoms with van der Waals surface area (Å²) >= 11 is 0. The second kappa shape index (κ2) is 16.1. The van der Waals surface area contributed by atoms with E-state index in [9.17, 15) is 25.2 Å². The van der Waals surface area contributed by atoms with Crippen LogP contribution in [0.4, 0.5) is 5.69 Å².